The van der Waals surface area contributed by atoms with Crippen LogP contribution in [0.15, 0.2) is 47.5 Å². The van der Waals surface area contributed by atoms with Crippen LogP contribution in [-0.2, 0) is 10.4 Å². The largest absolute Gasteiger partial charge is 1.00 e. The van der Waals surface area contributed by atoms with E-state index in [-0.39, 0.29) is 57.2 Å². The van der Waals surface area contributed by atoms with Crippen molar-refractivity contribution in [3.63, 3.8) is 0 Å². The fourth-order valence-electron chi connectivity index (χ4n) is 2.66. The summed E-state index contributed by atoms with van der Waals surface area (Å²) in [5.41, 5.74) is 1.36. The summed E-state index contributed by atoms with van der Waals surface area (Å²) in [5, 5.41) is 9.64. The summed E-state index contributed by atoms with van der Waals surface area (Å²) in [7, 11) is 0. The van der Waals surface area contributed by atoms with Crippen LogP contribution in [0.3, 0.4) is 0 Å². The predicted molar refractivity (Wildman–Crippen MR) is 104 cm³/mol. The van der Waals surface area contributed by atoms with Gasteiger partial charge in [0.1, 0.15) is 6.29 Å². The fourth-order valence-corrected chi connectivity index (χ4v) is 2.66. The van der Waals surface area contributed by atoms with E-state index in [4.69, 9.17) is 0 Å². The number of rotatable bonds is 3. The van der Waals surface area contributed by atoms with Crippen molar-refractivity contribution >= 4 is 18.2 Å². The van der Waals surface area contributed by atoms with E-state index in [2.05, 4.69) is 23.3 Å². The summed E-state index contributed by atoms with van der Waals surface area (Å²) >= 11 is 0. The molecule has 0 aliphatic heterocycles. The second kappa shape index (κ2) is 11.5. The van der Waals surface area contributed by atoms with Gasteiger partial charge >= 0.3 is 51.4 Å². The van der Waals surface area contributed by atoms with Crippen molar-refractivity contribution < 1.29 is 65.7 Å². The smallest absolute Gasteiger partial charge is 0.482 e. The van der Waals surface area contributed by atoms with Gasteiger partial charge in [0.15, 0.2) is 0 Å². The van der Waals surface area contributed by atoms with Crippen molar-refractivity contribution in [2.75, 3.05) is 0 Å². The quantitative estimate of drug-likeness (QED) is 0.367. The standard InChI is InChI=1S/C11H13NO.C6H4F.C6H8O.K/c1-4-12-10-7-5-9(6-8-10)11(2,3)13;7-6-4-2-1-3-5-6;7-4-5-3-6(5)1-2-6;/h5-7,13H,1-3H3;2-5H;4-5H,1-3H2;/q-2;-1;;+1. The molecule has 3 nitrogen and oxygen atoms in total. The SMILES string of the molecule is C[C-]=Nc1[c-]cc(C(C)(C)O)cc1.Fc1cc[c-]cc1.O=CC1CC12CC2.[K+]. The maximum atomic E-state index is 11.9. The average molecular weight is 406 g/mol. The van der Waals surface area contributed by atoms with E-state index in [9.17, 15) is 14.3 Å². The Kier molecular flexibility index (Phi) is 10.4. The van der Waals surface area contributed by atoms with E-state index in [1.165, 1.54) is 43.5 Å². The molecule has 2 aromatic rings. The molecular formula is C23H25FKNO2-2. The number of hydrogen-bond acceptors (Lipinski definition) is 3. The van der Waals surface area contributed by atoms with Crippen LogP contribution in [0.1, 0.15) is 45.6 Å². The van der Waals surface area contributed by atoms with Crippen LogP contribution in [0.25, 0.3) is 0 Å². The van der Waals surface area contributed by atoms with Crippen molar-refractivity contribution in [3.05, 3.63) is 66.0 Å². The Morgan fingerprint density at radius 3 is 2.21 bits per heavy atom. The Hall–Kier alpha value is -0.694. The van der Waals surface area contributed by atoms with Crippen molar-refractivity contribution in [2.45, 2.75) is 45.6 Å². The molecule has 2 aliphatic rings. The van der Waals surface area contributed by atoms with Gasteiger partial charge in [-0.15, -0.1) is 24.6 Å². The second-order valence-corrected chi connectivity index (χ2v) is 7.38. The van der Waals surface area contributed by atoms with Crippen LogP contribution in [0.2, 0.25) is 0 Å². The van der Waals surface area contributed by atoms with E-state index >= 15 is 0 Å². The average Bonchev–Trinajstić information content (AvgIpc) is 3.56. The number of aldehydes is 1. The first-order chi connectivity index (χ1) is 12.8. The van der Waals surface area contributed by atoms with Crippen molar-refractivity contribution in [1.82, 2.24) is 0 Å². The topological polar surface area (TPSA) is 49.7 Å². The molecule has 0 heterocycles. The molecular weight excluding hydrogens is 380 g/mol. The zero-order chi connectivity index (χ0) is 19.9. The molecule has 28 heavy (non-hydrogen) atoms. The Morgan fingerprint density at radius 1 is 1.29 bits per heavy atom. The Morgan fingerprint density at radius 2 is 1.93 bits per heavy atom. The fraction of sp³-hybridized carbons (Fsp3) is 0.391. The van der Waals surface area contributed by atoms with Crippen molar-refractivity contribution in [2.24, 2.45) is 16.3 Å². The summed E-state index contributed by atoms with van der Waals surface area (Å²) in [4.78, 5) is 14.0. The van der Waals surface area contributed by atoms with Crippen molar-refractivity contribution in [1.29, 1.82) is 0 Å². The first-order valence-electron chi connectivity index (χ1n) is 9.00. The Labute approximate surface area is 209 Å². The monoisotopic (exact) mass is 405 g/mol. The first-order valence-corrected chi connectivity index (χ1v) is 9.00. The molecule has 1 N–H and O–H groups in total. The summed E-state index contributed by atoms with van der Waals surface area (Å²) in [6.45, 7) is 5.22. The zero-order valence-electron chi connectivity index (χ0n) is 17.0. The minimum atomic E-state index is -0.811. The number of hydrogen-bond donors (Lipinski definition) is 1. The van der Waals surface area contributed by atoms with Crippen molar-refractivity contribution in [3.8, 4) is 0 Å². The molecule has 1 atom stereocenters. The Bertz CT molecular complexity index is 750. The number of carbonyl (C=O) groups is 1. The number of aliphatic imine (C=N–C) groups is 1. The Balaban J connectivity index is 0.000000221. The van der Waals surface area contributed by atoms with E-state index < -0.39 is 5.60 Å². The van der Waals surface area contributed by atoms with Gasteiger partial charge in [0, 0.05) is 17.3 Å². The molecule has 1 unspecified atom stereocenters. The molecule has 2 saturated carbocycles. The van der Waals surface area contributed by atoms with Gasteiger partial charge in [-0.2, -0.15) is 36.5 Å². The summed E-state index contributed by atoms with van der Waals surface area (Å²) in [5.74, 6) is 0.270. The number of halogens is 1. The van der Waals surface area contributed by atoms with Gasteiger partial charge in [-0.1, -0.05) is 0 Å². The van der Waals surface area contributed by atoms with Crippen LogP contribution in [-0.4, -0.2) is 17.6 Å². The minimum Gasteiger partial charge on any atom is -0.482 e. The third-order valence-electron chi connectivity index (χ3n) is 4.72. The van der Waals surface area contributed by atoms with Gasteiger partial charge in [0.25, 0.3) is 0 Å². The van der Waals surface area contributed by atoms with Gasteiger partial charge < -0.3 is 14.9 Å². The molecule has 5 heteroatoms. The molecule has 2 aliphatic carbocycles. The van der Waals surface area contributed by atoms with Gasteiger partial charge in [-0.3, -0.25) is 6.07 Å². The summed E-state index contributed by atoms with van der Waals surface area (Å²) < 4.78 is 11.9. The molecule has 0 bridgehead atoms. The molecule has 2 aromatic carbocycles. The molecule has 0 radical (unpaired) electrons. The van der Waals surface area contributed by atoms with Crippen LogP contribution in [0, 0.1) is 29.3 Å². The molecule has 0 saturated heterocycles. The van der Waals surface area contributed by atoms with Crippen LogP contribution in [0.4, 0.5) is 10.1 Å². The normalized spacial score (nSPS) is 18.1. The van der Waals surface area contributed by atoms with Crippen LogP contribution >= 0.6 is 0 Å². The third kappa shape index (κ3) is 8.35. The number of benzene rings is 2. The minimum absolute atomic E-state index is 0. The molecule has 0 amide bonds. The number of carbonyl (C=O) groups excluding carboxylic acids is 1. The third-order valence-corrected chi connectivity index (χ3v) is 4.72. The van der Waals surface area contributed by atoms with Crippen LogP contribution < -0.4 is 51.4 Å². The number of aliphatic hydroxyl groups is 1. The van der Waals surface area contributed by atoms with E-state index in [0.29, 0.717) is 11.3 Å². The molecule has 0 aromatic heterocycles. The van der Waals surface area contributed by atoms with E-state index in [1.54, 1.807) is 26.8 Å². The zero-order valence-corrected chi connectivity index (χ0v) is 20.1. The molecule has 1 spiro atoms. The van der Waals surface area contributed by atoms with Gasteiger partial charge in [-0.25, -0.2) is 16.1 Å². The summed E-state index contributed by atoms with van der Waals surface area (Å²) in [6.07, 6.45) is 7.66. The second-order valence-electron chi connectivity index (χ2n) is 7.38. The van der Waals surface area contributed by atoms with E-state index in [0.717, 1.165) is 17.5 Å². The summed E-state index contributed by atoms with van der Waals surface area (Å²) in [6, 6.07) is 16.8. The molecule has 2 fully saturated rings. The molecule has 144 valence electrons. The molecule has 4 rings (SSSR count). The van der Waals surface area contributed by atoms with Gasteiger partial charge in [-0.05, 0) is 38.5 Å². The predicted octanol–water partition coefficient (Wildman–Crippen LogP) is 1.93. The van der Waals surface area contributed by atoms with Crippen LogP contribution in [0.5, 0.6) is 0 Å². The maximum absolute atomic E-state index is 11.9. The van der Waals surface area contributed by atoms with Gasteiger partial charge in [0.05, 0.1) is 0 Å². The number of nitrogens with zero attached hydrogens (tertiary/aromatic N) is 1. The first kappa shape index (κ1) is 25.3. The van der Waals surface area contributed by atoms with Gasteiger partial charge in [0.2, 0.25) is 0 Å². The maximum Gasteiger partial charge on any atom is 1.00 e. The van der Waals surface area contributed by atoms with E-state index in [1.807, 2.05) is 12.1 Å².